The summed E-state index contributed by atoms with van der Waals surface area (Å²) >= 11 is 0. The monoisotopic (exact) mass is 518 g/mol. The summed E-state index contributed by atoms with van der Waals surface area (Å²) in [5, 5.41) is 0. The zero-order chi connectivity index (χ0) is 26.7. The van der Waals surface area contributed by atoms with Gasteiger partial charge in [-0.3, -0.25) is 0 Å². The van der Waals surface area contributed by atoms with Crippen molar-refractivity contribution in [3.8, 4) is 0 Å². The van der Waals surface area contributed by atoms with Gasteiger partial charge in [-0.15, -0.1) is 0 Å². The summed E-state index contributed by atoms with van der Waals surface area (Å²) in [4.78, 5) is 0. The van der Waals surface area contributed by atoms with Crippen molar-refractivity contribution in [3.63, 3.8) is 0 Å². The van der Waals surface area contributed by atoms with Crippen LogP contribution in [-0.4, -0.2) is 4.57 Å². The molecule has 1 rings (SSSR count). The Bertz CT molecular complexity index is 576. The second-order valence-corrected chi connectivity index (χ2v) is 12.1. The van der Waals surface area contributed by atoms with E-state index in [4.69, 9.17) is 0 Å². The Kier molecular flexibility index (Phi) is 24.8. The quantitative estimate of drug-likeness (QED) is 0.0737. The molecule has 0 aliphatic heterocycles. The van der Waals surface area contributed by atoms with E-state index < -0.39 is 0 Å². The summed E-state index contributed by atoms with van der Waals surface area (Å²) in [7, 11) is 2.24. The van der Waals surface area contributed by atoms with E-state index in [9.17, 15) is 0 Å². The maximum Gasteiger partial charge on any atom is 0.256 e. The van der Waals surface area contributed by atoms with E-state index >= 15 is 0 Å². The molecule has 0 atom stereocenters. The van der Waals surface area contributed by atoms with Crippen molar-refractivity contribution in [2.45, 2.75) is 200 Å². The topological polar surface area (TPSA) is 8.81 Å². The summed E-state index contributed by atoms with van der Waals surface area (Å²) in [5.41, 5.74) is 0. The highest BCUT2D eigenvalue weighted by Gasteiger charge is 2.13. The van der Waals surface area contributed by atoms with Crippen LogP contribution in [0.3, 0.4) is 0 Å². The molecule has 0 saturated heterocycles. The average molecular weight is 518 g/mol. The fourth-order valence-corrected chi connectivity index (χ4v) is 5.86. The highest BCUT2D eigenvalue weighted by Crippen LogP contribution is 2.15. The summed E-state index contributed by atoms with van der Waals surface area (Å²) in [5.74, 6) is 1.54. The van der Waals surface area contributed by atoms with Crippen molar-refractivity contribution < 1.29 is 4.57 Å². The molecule has 0 aromatic carbocycles. The van der Waals surface area contributed by atoms with Crippen LogP contribution in [0.1, 0.15) is 193 Å². The van der Waals surface area contributed by atoms with E-state index in [1.54, 1.807) is 0 Å². The zero-order valence-electron chi connectivity index (χ0n) is 26.1. The summed E-state index contributed by atoms with van der Waals surface area (Å²) in [6.07, 6.45) is 44.7. The van der Waals surface area contributed by atoms with Gasteiger partial charge in [-0.05, 0) is 19.3 Å². The third kappa shape index (κ3) is 20.8. The SMILES string of the molecule is CCCCCCCCCCCCCCCCn1cc[n+](C)c1CCCCCCCCCCCCCCC. The van der Waals surface area contributed by atoms with Gasteiger partial charge >= 0.3 is 0 Å². The van der Waals surface area contributed by atoms with Crippen molar-refractivity contribution in [2.24, 2.45) is 7.05 Å². The first-order valence-electron chi connectivity index (χ1n) is 17.3. The molecule has 0 aliphatic carbocycles. The molecule has 2 nitrogen and oxygen atoms in total. The lowest BCUT2D eigenvalue weighted by molar-refractivity contribution is -0.678. The molecule has 0 aliphatic rings. The van der Waals surface area contributed by atoms with Crippen molar-refractivity contribution >= 4 is 0 Å². The molecule has 0 N–H and O–H groups in total. The average Bonchev–Trinajstić information content (AvgIpc) is 3.25. The largest absolute Gasteiger partial charge is 0.256 e. The van der Waals surface area contributed by atoms with Crippen molar-refractivity contribution in [2.75, 3.05) is 0 Å². The number of imidazole rings is 1. The Morgan fingerprint density at radius 1 is 0.459 bits per heavy atom. The van der Waals surface area contributed by atoms with Gasteiger partial charge in [0.15, 0.2) is 0 Å². The van der Waals surface area contributed by atoms with E-state index in [1.165, 1.54) is 192 Å². The molecule has 1 heterocycles. The van der Waals surface area contributed by atoms with Crippen LogP contribution in [-0.2, 0) is 20.0 Å². The van der Waals surface area contributed by atoms with Crippen molar-refractivity contribution in [1.29, 1.82) is 0 Å². The Balaban J connectivity index is 1.93. The summed E-state index contributed by atoms with van der Waals surface area (Å²) < 4.78 is 4.91. The molecule has 0 radical (unpaired) electrons. The molecule has 0 saturated carbocycles. The Labute approximate surface area is 234 Å². The first-order valence-corrected chi connectivity index (χ1v) is 17.3. The number of hydrogen-bond acceptors (Lipinski definition) is 0. The van der Waals surface area contributed by atoms with Gasteiger partial charge in [-0.1, -0.05) is 168 Å². The lowest BCUT2D eigenvalue weighted by Crippen LogP contribution is -2.32. The van der Waals surface area contributed by atoms with Crippen molar-refractivity contribution in [3.05, 3.63) is 18.2 Å². The number of aryl methyl sites for hydroxylation is 2. The summed E-state index contributed by atoms with van der Waals surface area (Å²) in [6, 6.07) is 0. The van der Waals surface area contributed by atoms with E-state index in [0.29, 0.717) is 0 Å². The highest BCUT2D eigenvalue weighted by atomic mass is 15.1. The van der Waals surface area contributed by atoms with Crippen LogP contribution in [0.25, 0.3) is 0 Å². The predicted molar refractivity (Wildman–Crippen MR) is 165 cm³/mol. The van der Waals surface area contributed by atoms with E-state index in [2.05, 4.69) is 42.4 Å². The molecule has 0 amide bonds. The van der Waals surface area contributed by atoms with Gasteiger partial charge in [0.2, 0.25) is 0 Å². The number of nitrogens with zero attached hydrogens (tertiary/aromatic N) is 2. The van der Waals surface area contributed by atoms with E-state index in [1.807, 2.05) is 0 Å². The molecule has 2 heteroatoms. The van der Waals surface area contributed by atoms with Crippen LogP contribution in [0.15, 0.2) is 12.4 Å². The standard InChI is InChI=1S/C35H69N2/c1-4-6-8-10-12-14-16-18-20-22-24-26-28-30-32-37-34-33-36(3)35(37)31-29-27-25-23-21-19-17-15-13-11-9-7-5-2/h33-34H,4-32H2,1-3H3/q+1. The normalized spacial score (nSPS) is 11.5. The van der Waals surface area contributed by atoms with Gasteiger partial charge in [0.25, 0.3) is 5.82 Å². The molecule has 0 spiro atoms. The smallest absolute Gasteiger partial charge is 0.237 e. The predicted octanol–water partition coefficient (Wildman–Crippen LogP) is 11.4. The lowest BCUT2D eigenvalue weighted by atomic mass is 10.0. The number of rotatable bonds is 29. The minimum absolute atomic E-state index is 1.21. The van der Waals surface area contributed by atoms with Gasteiger partial charge in [0.1, 0.15) is 12.4 Å². The summed E-state index contributed by atoms with van der Waals surface area (Å²) in [6.45, 7) is 5.82. The van der Waals surface area contributed by atoms with Crippen LogP contribution in [0.4, 0.5) is 0 Å². The molecular formula is C35H69N2+. The van der Waals surface area contributed by atoms with Gasteiger partial charge in [0.05, 0.1) is 13.6 Å². The second-order valence-electron chi connectivity index (χ2n) is 12.1. The van der Waals surface area contributed by atoms with E-state index in [-0.39, 0.29) is 0 Å². The Morgan fingerprint density at radius 3 is 1.16 bits per heavy atom. The van der Waals surface area contributed by atoms with Gasteiger partial charge in [-0.25, -0.2) is 9.13 Å². The number of unbranched alkanes of at least 4 members (excludes halogenated alkanes) is 25. The Morgan fingerprint density at radius 2 is 0.784 bits per heavy atom. The molecule has 0 fully saturated rings. The van der Waals surface area contributed by atoms with Gasteiger partial charge in [0, 0.05) is 6.42 Å². The molecular weight excluding hydrogens is 448 g/mol. The zero-order valence-corrected chi connectivity index (χ0v) is 26.1. The van der Waals surface area contributed by atoms with Gasteiger partial charge < -0.3 is 0 Å². The van der Waals surface area contributed by atoms with Crippen LogP contribution < -0.4 is 4.57 Å². The number of hydrogen-bond donors (Lipinski definition) is 0. The van der Waals surface area contributed by atoms with Crippen LogP contribution >= 0.6 is 0 Å². The molecule has 0 bridgehead atoms. The molecule has 37 heavy (non-hydrogen) atoms. The van der Waals surface area contributed by atoms with Crippen LogP contribution in [0.5, 0.6) is 0 Å². The lowest BCUT2D eigenvalue weighted by Gasteiger charge is -2.05. The van der Waals surface area contributed by atoms with Gasteiger partial charge in [-0.2, -0.15) is 0 Å². The second kappa shape index (κ2) is 26.8. The minimum Gasteiger partial charge on any atom is -0.237 e. The highest BCUT2D eigenvalue weighted by molar-refractivity contribution is 4.84. The first-order chi connectivity index (χ1) is 18.3. The number of aromatic nitrogens is 2. The molecule has 218 valence electrons. The van der Waals surface area contributed by atoms with Crippen LogP contribution in [0, 0.1) is 0 Å². The van der Waals surface area contributed by atoms with E-state index in [0.717, 1.165) is 0 Å². The third-order valence-electron chi connectivity index (χ3n) is 8.47. The van der Waals surface area contributed by atoms with Crippen molar-refractivity contribution in [1.82, 2.24) is 4.57 Å². The molecule has 1 aromatic rings. The third-order valence-corrected chi connectivity index (χ3v) is 8.47. The molecule has 0 unspecified atom stereocenters. The first kappa shape index (κ1) is 34.2. The maximum atomic E-state index is 2.54. The molecule has 1 aromatic heterocycles. The fraction of sp³-hybridized carbons (Fsp3) is 0.914. The minimum atomic E-state index is 1.21. The van der Waals surface area contributed by atoms with Crippen LogP contribution in [0.2, 0.25) is 0 Å². The maximum absolute atomic E-state index is 2.54. The fourth-order valence-electron chi connectivity index (χ4n) is 5.86. The Hall–Kier alpha value is -0.790.